The Morgan fingerprint density at radius 3 is 1.26 bits per heavy atom. The van der Waals surface area contributed by atoms with E-state index in [1.807, 2.05) is 0 Å². The molecule has 0 aliphatic carbocycles. The van der Waals surface area contributed by atoms with E-state index in [1.54, 1.807) is 13.8 Å². The van der Waals surface area contributed by atoms with Gasteiger partial charge >= 0.3 is 5.97 Å². The number of nitrogens with two attached hydrogens (primary N) is 7. The van der Waals surface area contributed by atoms with E-state index in [-0.39, 0.29) is 132 Å². The van der Waals surface area contributed by atoms with Crippen LogP contribution in [0.25, 0.3) is 0 Å². The summed E-state index contributed by atoms with van der Waals surface area (Å²) in [5.74, 6) is -12.8. The van der Waals surface area contributed by atoms with Crippen molar-refractivity contribution >= 4 is 108 Å². The minimum atomic E-state index is -1.65. The number of carbonyl (C=O) groups is 12. The van der Waals surface area contributed by atoms with Gasteiger partial charge in [-0.05, 0) is 121 Å². The summed E-state index contributed by atoms with van der Waals surface area (Å²) in [6, 6.07) is -11.2. The molecule has 0 bridgehead atoms. The molecule has 0 aliphatic heterocycles. The van der Waals surface area contributed by atoms with Crippen molar-refractivity contribution in [2.24, 2.45) is 56.0 Å². The lowest BCUT2D eigenvalue weighted by Gasteiger charge is -2.28. The number of unbranched alkanes of at least 4 members (excludes halogenated alkanes) is 2. The molecule has 2 aromatic rings. The summed E-state index contributed by atoms with van der Waals surface area (Å²) in [5, 5.41) is 57.9. The number of aromatic nitrogens is 2. The standard InChI is InChI=1S/C60H102N22O15S2/c1-31(2)23-41(77-57(95)46(29-99)82-50(88)38(12-6-8-20-62)74-53(91)42(24-34-15-17-36(84)18-16-34)78-55(93)44(27-83)80-48(86)33(4)72-47(85)32(3)63)52(90)79-43(25-35-26-68-30-71-35)54(92)75-37(11-5-7-19-61)49(87)73-39(13-9-21-69-59(64)65)51(89)81-45(28-98)56(94)76-40(58(96)97)14-10-22-70-60(66)67/h15-18,26,30-33,37-46,83-84,98-99H,5-14,19-25,27-29,61-63H2,1-4H3,(H,68,71)(H,72,85)(H,73,87)(H,74,91)(H,75,92)(H,76,94)(H,77,95)(H,78,93)(H,79,90)(H,80,86)(H,81,89)(H,82,88)(H,96,97)(H4,64,65,69)(H4,66,67,70)/t32-,33-,37-,38-,39-,40-,41-,42-,43-,44-,45-,46-/m0/s1. The maximum Gasteiger partial charge on any atom is 0.326 e. The number of hydrogen-bond donors (Lipinski definition) is 24. The molecule has 99 heavy (non-hydrogen) atoms. The number of benzene rings is 1. The minimum Gasteiger partial charge on any atom is -0.508 e. The molecule has 1 aromatic carbocycles. The average Bonchev–Trinajstić information content (AvgIpc) is 1.36. The highest BCUT2D eigenvalue weighted by Gasteiger charge is 2.37. The number of carbonyl (C=O) groups excluding carboxylic acids is 11. The van der Waals surface area contributed by atoms with Crippen molar-refractivity contribution in [1.29, 1.82) is 0 Å². The summed E-state index contributed by atoms with van der Waals surface area (Å²) in [5.41, 5.74) is 39.7. The van der Waals surface area contributed by atoms with Crippen molar-refractivity contribution < 1.29 is 72.9 Å². The van der Waals surface area contributed by atoms with Crippen LogP contribution in [0, 0.1) is 5.92 Å². The largest absolute Gasteiger partial charge is 0.508 e. The number of guanidine groups is 2. The molecule has 0 fully saturated rings. The molecule has 1 aromatic heterocycles. The van der Waals surface area contributed by atoms with Crippen LogP contribution < -0.4 is 98.6 Å². The lowest BCUT2D eigenvalue weighted by Crippen LogP contribution is -2.61. The molecule has 0 saturated carbocycles. The average molecular weight is 1440 g/mol. The minimum absolute atomic E-state index is 0.00101. The summed E-state index contributed by atoms with van der Waals surface area (Å²) < 4.78 is 0. The van der Waals surface area contributed by atoms with Crippen LogP contribution in [0.4, 0.5) is 0 Å². The monoisotopic (exact) mass is 1430 g/mol. The van der Waals surface area contributed by atoms with Gasteiger partial charge in [-0.15, -0.1) is 0 Å². The zero-order valence-corrected chi connectivity index (χ0v) is 57.9. The third kappa shape index (κ3) is 33.4. The van der Waals surface area contributed by atoms with Crippen LogP contribution in [0.1, 0.15) is 110 Å². The van der Waals surface area contributed by atoms with Crippen molar-refractivity contribution in [1.82, 2.24) is 68.5 Å². The SMILES string of the molecule is CC(C)C[C@H](NC(=O)[C@H](CS)NC(=O)[C@H](CCCCN)NC(=O)[C@H](Cc1ccc(O)cc1)NC(=O)[C@H](CO)NC(=O)[C@H](C)NC(=O)[C@H](C)N)C(=O)N[C@@H](Cc1cnc[nH]1)C(=O)N[C@@H](CCCCN)C(=O)N[C@@H](CCCN=C(N)N)C(=O)N[C@@H](CS)C(=O)N[C@@H](CCCN=C(N)N)C(=O)O. The molecule has 1 heterocycles. The number of imidazole rings is 1. The number of amides is 11. The predicted octanol–water partition coefficient (Wildman–Crippen LogP) is -7.05. The third-order valence-corrected chi connectivity index (χ3v) is 15.6. The van der Waals surface area contributed by atoms with Gasteiger partial charge < -0.3 is 119 Å². The van der Waals surface area contributed by atoms with E-state index in [1.165, 1.54) is 50.6 Å². The Labute approximate surface area is 584 Å². The van der Waals surface area contributed by atoms with Crippen LogP contribution in [-0.4, -0.2) is 225 Å². The number of aliphatic imine (C=N–C) groups is 2. The van der Waals surface area contributed by atoms with Gasteiger partial charge in [0, 0.05) is 49.3 Å². The summed E-state index contributed by atoms with van der Waals surface area (Å²) in [7, 11) is 0. The van der Waals surface area contributed by atoms with Crippen LogP contribution in [-0.2, 0) is 70.4 Å². The van der Waals surface area contributed by atoms with Gasteiger partial charge in [0.2, 0.25) is 65.0 Å². The fourth-order valence-corrected chi connectivity index (χ4v) is 9.92. The topological polar surface area (TPSA) is 633 Å². The van der Waals surface area contributed by atoms with Crippen LogP contribution in [0.3, 0.4) is 0 Å². The lowest BCUT2D eigenvalue weighted by molar-refractivity contribution is -0.142. The Hall–Kier alpha value is -9.05. The molecular weight excluding hydrogens is 1330 g/mol. The number of hydrogen-bond acceptors (Lipinski definition) is 22. The van der Waals surface area contributed by atoms with Gasteiger partial charge in [-0.3, -0.25) is 62.7 Å². The van der Waals surface area contributed by atoms with E-state index in [2.05, 4.69) is 104 Å². The fraction of sp³-hybridized carbons (Fsp3) is 0.617. The van der Waals surface area contributed by atoms with E-state index in [4.69, 9.17) is 40.1 Å². The van der Waals surface area contributed by atoms with Crippen molar-refractivity contribution in [2.45, 2.75) is 184 Å². The number of nitrogens with zero attached hydrogens (tertiary/aromatic N) is 3. The Kier molecular flexibility index (Phi) is 40.2. The van der Waals surface area contributed by atoms with Gasteiger partial charge in [-0.2, -0.15) is 25.3 Å². The number of phenolic OH excluding ortho intramolecular Hbond substituents is 1. The number of rotatable bonds is 48. The van der Waals surface area contributed by atoms with E-state index >= 15 is 0 Å². The molecule has 39 heteroatoms. The Bertz CT molecular complexity index is 2990. The van der Waals surface area contributed by atoms with Crippen molar-refractivity contribution in [3.63, 3.8) is 0 Å². The van der Waals surface area contributed by atoms with Crippen molar-refractivity contribution in [2.75, 3.05) is 44.3 Å². The zero-order valence-electron chi connectivity index (χ0n) is 56.1. The third-order valence-electron chi connectivity index (χ3n) is 14.9. The Morgan fingerprint density at radius 2 is 0.859 bits per heavy atom. The highest BCUT2D eigenvalue weighted by atomic mass is 32.1. The first-order chi connectivity index (χ1) is 46.9. The maximum atomic E-state index is 14.6. The molecule has 2 rings (SSSR count). The zero-order chi connectivity index (χ0) is 74.3. The highest BCUT2D eigenvalue weighted by Crippen LogP contribution is 2.15. The summed E-state index contributed by atoms with van der Waals surface area (Å²) in [4.78, 5) is 180. The van der Waals surface area contributed by atoms with E-state index in [0.717, 1.165) is 0 Å². The number of aliphatic carboxylic acids is 1. The van der Waals surface area contributed by atoms with Gasteiger partial charge in [-0.1, -0.05) is 26.0 Å². The molecular formula is C60H102N22O15S2. The smallest absolute Gasteiger partial charge is 0.326 e. The van der Waals surface area contributed by atoms with Gasteiger partial charge in [0.05, 0.1) is 19.0 Å². The first kappa shape index (κ1) is 86.0. The number of nitrogens with one attached hydrogen (secondary N) is 12. The van der Waals surface area contributed by atoms with Gasteiger partial charge in [0.1, 0.15) is 72.2 Å². The van der Waals surface area contributed by atoms with Crippen LogP contribution in [0.5, 0.6) is 5.75 Å². The van der Waals surface area contributed by atoms with Crippen LogP contribution >= 0.6 is 25.3 Å². The molecule has 11 amide bonds. The summed E-state index contributed by atoms with van der Waals surface area (Å²) in [6.45, 7) is 5.71. The second-order valence-corrected chi connectivity index (χ2v) is 24.5. The number of H-pyrrole nitrogens is 1. The normalized spacial score (nSPS) is 14.7. The Morgan fingerprint density at radius 1 is 0.485 bits per heavy atom. The number of phenols is 1. The number of carboxylic acid groups (broad SMARTS) is 1. The lowest BCUT2D eigenvalue weighted by atomic mass is 10.0. The van der Waals surface area contributed by atoms with Crippen molar-refractivity contribution in [3.05, 3.63) is 48.0 Å². The van der Waals surface area contributed by atoms with Gasteiger partial charge in [0.15, 0.2) is 11.9 Å². The van der Waals surface area contributed by atoms with E-state index < -0.39 is 150 Å². The molecule has 0 aliphatic rings. The van der Waals surface area contributed by atoms with Gasteiger partial charge in [-0.25, -0.2) is 9.78 Å². The van der Waals surface area contributed by atoms with E-state index in [0.29, 0.717) is 24.1 Å². The molecule has 0 saturated heterocycles. The molecule has 0 spiro atoms. The summed E-state index contributed by atoms with van der Waals surface area (Å²) in [6.07, 6.45) is 3.42. The number of aliphatic hydroxyl groups is 1. The number of aromatic hydroxyl groups is 1. The molecule has 0 radical (unpaired) electrons. The van der Waals surface area contributed by atoms with Crippen LogP contribution in [0.2, 0.25) is 0 Å². The van der Waals surface area contributed by atoms with Crippen LogP contribution in [0.15, 0.2) is 46.8 Å². The van der Waals surface area contributed by atoms with Gasteiger partial charge in [0.25, 0.3) is 0 Å². The predicted molar refractivity (Wildman–Crippen MR) is 372 cm³/mol. The quantitative estimate of drug-likeness (QED) is 0.0127. The van der Waals surface area contributed by atoms with Crippen molar-refractivity contribution in [3.8, 4) is 5.75 Å². The molecule has 12 atom stereocenters. The molecule has 29 N–H and O–H groups in total. The highest BCUT2D eigenvalue weighted by molar-refractivity contribution is 7.80. The second kappa shape index (κ2) is 46.3. The number of thiol groups is 2. The first-order valence-electron chi connectivity index (χ1n) is 32.3. The second-order valence-electron chi connectivity index (χ2n) is 23.8. The maximum absolute atomic E-state index is 14.6. The number of aromatic amines is 1. The number of aliphatic hydroxyl groups excluding tert-OH is 1. The number of carboxylic acids is 1. The molecule has 554 valence electrons. The first-order valence-corrected chi connectivity index (χ1v) is 33.6. The van der Waals surface area contributed by atoms with E-state index in [9.17, 15) is 72.9 Å². The molecule has 0 unspecified atom stereocenters. The molecule has 37 nitrogen and oxygen atoms in total. The summed E-state index contributed by atoms with van der Waals surface area (Å²) >= 11 is 8.56. The fourth-order valence-electron chi connectivity index (χ4n) is 9.40. The Balaban J connectivity index is 2.50.